The summed E-state index contributed by atoms with van der Waals surface area (Å²) < 4.78 is 0. The molecule has 37 heavy (non-hydrogen) atoms. The van der Waals surface area contributed by atoms with Gasteiger partial charge in [0.2, 0.25) is 5.91 Å². The Morgan fingerprint density at radius 3 is 1.76 bits per heavy atom. The molecule has 4 aromatic carbocycles. The zero-order chi connectivity index (χ0) is 25.6. The van der Waals surface area contributed by atoms with Gasteiger partial charge in [0.1, 0.15) is 0 Å². The van der Waals surface area contributed by atoms with Crippen molar-refractivity contribution in [2.45, 2.75) is 19.4 Å². The van der Waals surface area contributed by atoms with Crippen LogP contribution in [0.1, 0.15) is 29.5 Å². The molecule has 1 heterocycles. The number of likely N-dealkylation sites (tertiary alicyclic amines) is 1. The molecule has 1 aliphatic heterocycles. The Bertz CT molecular complexity index is 1370. The second-order valence-corrected chi connectivity index (χ2v) is 10.2. The molecule has 3 nitrogen and oxygen atoms in total. The fourth-order valence-electron chi connectivity index (χ4n) is 4.65. The topological polar surface area (TPSA) is 32.3 Å². The van der Waals surface area contributed by atoms with Crippen molar-refractivity contribution in [1.29, 1.82) is 0 Å². The summed E-state index contributed by atoms with van der Waals surface area (Å²) in [7, 11) is 0. The maximum Gasteiger partial charge on any atom is 0.249 e. The third kappa shape index (κ3) is 6.69. The van der Waals surface area contributed by atoms with Crippen LogP contribution in [0, 0.1) is 0 Å². The lowest BCUT2D eigenvalue weighted by Gasteiger charge is -2.15. The Balaban J connectivity index is 1.35. The molecular weight excluding hydrogens is 499 g/mol. The molecule has 0 aliphatic carbocycles. The Morgan fingerprint density at radius 2 is 1.19 bits per heavy atom. The zero-order valence-corrected chi connectivity index (χ0v) is 22.0. The van der Waals surface area contributed by atoms with Gasteiger partial charge in [-0.25, -0.2) is 0 Å². The molecule has 0 atom stereocenters. The van der Waals surface area contributed by atoms with Gasteiger partial charge in [-0.3, -0.25) is 9.69 Å². The monoisotopic (exact) mass is 526 g/mol. The predicted octanol–water partition coefficient (Wildman–Crippen LogP) is 8.33. The highest BCUT2D eigenvalue weighted by Gasteiger charge is 2.13. The van der Waals surface area contributed by atoms with E-state index in [4.69, 9.17) is 23.2 Å². The van der Waals surface area contributed by atoms with E-state index in [1.54, 1.807) is 6.08 Å². The van der Waals surface area contributed by atoms with Crippen LogP contribution in [0.4, 0.5) is 5.69 Å². The normalized spacial score (nSPS) is 14.1. The average molecular weight is 527 g/mol. The molecule has 1 saturated heterocycles. The summed E-state index contributed by atoms with van der Waals surface area (Å²) in [6.45, 7) is 3.30. The van der Waals surface area contributed by atoms with Crippen molar-refractivity contribution in [3.63, 3.8) is 0 Å². The van der Waals surface area contributed by atoms with Gasteiger partial charge in [0.05, 0.1) is 0 Å². The number of benzene rings is 4. The minimum atomic E-state index is -0.190. The highest BCUT2D eigenvalue weighted by Crippen LogP contribution is 2.27. The van der Waals surface area contributed by atoms with Gasteiger partial charge in [-0.2, -0.15) is 0 Å². The minimum Gasteiger partial charge on any atom is -0.322 e. The third-order valence-electron chi connectivity index (χ3n) is 6.63. The van der Waals surface area contributed by atoms with Crippen LogP contribution in [0.2, 0.25) is 10.0 Å². The number of rotatable bonds is 7. The first-order valence-corrected chi connectivity index (χ1v) is 13.3. The summed E-state index contributed by atoms with van der Waals surface area (Å²) >= 11 is 12.1. The molecule has 0 spiro atoms. The molecule has 1 amide bonds. The number of carbonyl (C=O) groups is 1. The van der Waals surface area contributed by atoms with Crippen molar-refractivity contribution >= 4 is 40.4 Å². The SMILES string of the molecule is O=C(/C=C(\c1ccc(Cl)cc1)c1ccc(CN2CCCC2)cc1)Nc1ccc(-c2ccc(Cl)cc2)cc1. The van der Waals surface area contributed by atoms with Crippen molar-refractivity contribution in [2.24, 2.45) is 0 Å². The largest absolute Gasteiger partial charge is 0.322 e. The van der Waals surface area contributed by atoms with E-state index in [0.29, 0.717) is 10.0 Å². The molecule has 0 bridgehead atoms. The number of nitrogens with zero attached hydrogens (tertiary/aromatic N) is 1. The fourth-order valence-corrected chi connectivity index (χ4v) is 4.90. The lowest BCUT2D eigenvalue weighted by molar-refractivity contribution is -0.111. The van der Waals surface area contributed by atoms with Crippen molar-refractivity contribution < 1.29 is 4.79 Å². The molecule has 5 rings (SSSR count). The predicted molar refractivity (Wildman–Crippen MR) is 155 cm³/mol. The highest BCUT2D eigenvalue weighted by atomic mass is 35.5. The summed E-state index contributed by atoms with van der Waals surface area (Å²) in [6.07, 6.45) is 4.22. The van der Waals surface area contributed by atoms with E-state index in [0.717, 1.165) is 40.1 Å². The molecular formula is C32H28Cl2N2O. The summed E-state index contributed by atoms with van der Waals surface area (Å²) in [4.78, 5) is 15.6. The van der Waals surface area contributed by atoms with Gasteiger partial charge in [0, 0.05) is 28.4 Å². The van der Waals surface area contributed by atoms with E-state index >= 15 is 0 Å². The molecule has 1 aliphatic rings. The molecule has 0 unspecified atom stereocenters. The number of anilines is 1. The van der Waals surface area contributed by atoms with Gasteiger partial charge in [-0.05, 0) is 95.7 Å². The summed E-state index contributed by atoms with van der Waals surface area (Å²) in [5.74, 6) is -0.190. The van der Waals surface area contributed by atoms with E-state index in [-0.39, 0.29) is 5.91 Å². The zero-order valence-electron chi connectivity index (χ0n) is 20.5. The summed E-state index contributed by atoms with van der Waals surface area (Å²) in [5, 5.41) is 4.37. The molecule has 0 radical (unpaired) electrons. The standard InChI is InChI=1S/C32H28Cl2N2O/c33-28-13-7-24(8-14-28)25-11-17-30(18-12-25)35-32(37)21-31(27-9-15-29(34)16-10-27)26-5-3-23(4-6-26)22-36-19-1-2-20-36/h3-18,21H,1-2,19-20,22H2,(H,35,37)/b31-21-. The van der Waals surface area contributed by atoms with Crippen LogP contribution >= 0.6 is 23.2 Å². The average Bonchev–Trinajstić information content (AvgIpc) is 3.43. The van der Waals surface area contributed by atoms with Crippen molar-refractivity contribution in [2.75, 3.05) is 18.4 Å². The lowest BCUT2D eigenvalue weighted by Crippen LogP contribution is -2.18. The van der Waals surface area contributed by atoms with Gasteiger partial charge >= 0.3 is 0 Å². The van der Waals surface area contributed by atoms with Gasteiger partial charge in [0.15, 0.2) is 0 Å². The Kier molecular flexibility index (Phi) is 8.05. The number of hydrogen-bond donors (Lipinski definition) is 1. The molecule has 186 valence electrons. The smallest absolute Gasteiger partial charge is 0.249 e. The summed E-state index contributed by atoms with van der Waals surface area (Å²) in [5.41, 5.74) is 6.91. The lowest BCUT2D eigenvalue weighted by atomic mass is 9.96. The summed E-state index contributed by atoms with van der Waals surface area (Å²) in [6, 6.07) is 31.6. The number of halogens is 2. The second kappa shape index (κ2) is 11.8. The first-order valence-electron chi connectivity index (χ1n) is 12.5. The Labute approximate surface area is 228 Å². The molecule has 0 saturated carbocycles. The van der Waals surface area contributed by atoms with Gasteiger partial charge < -0.3 is 5.32 Å². The fraction of sp³-hybridized carbons (Fsp3) is 0.156. The molecule has 1 N–H and O–H groups in total. The van der Waals surface area contributed by atoms with Crippen molar-refractivity contribution in [3.8, 4) is 11.1 Å². The minimum absolute atomic E-state index is 0.190. The van der Waals surface area contributed by atoms with E-state index in [1.165, 1.54) is 31.5 Å². The third-order valence-corrected chi connectivity index (χ3v) is 7.13. The first-order chi connectivity index (χ1) is 18.0. The van der Waals surface area contributed by atoms with Crippen LogP contribution in [0.25, 0.3) is 16.7 Å². The maximum absolute atomic E-state index is 13.1. The molecule has 0 aromatic heterocycles. The quantitative estimate of drug-likeness (QED) is 0.245. The van der Waals surface area contributed by atoms with Crippen LogP contribution in [-0.2, 0) is 11.3 Å². The van der Waals surface area contributed by atoms with Gasteiger partial charge in [0.25, 0.3) is 0 Å². The van der Waals surface area contributed by atoms with Gasteiger partial charge in [-0.15, -0.1) is 0 Å². The second-order valence-electron chi connectivity index (χ2n) is 9.32. The number of amides is 1. The van der Waals surface area contributed by atoms with Crippen LogP contribution < -0.4 is 5.32 Å². The van der Waals surface area contributed by atoms with Crippen molar-refractivity contribution in [3.05, 3.63) is 130 Å². The number of hydrogen-bond acceptors (Lipinski definition) is 2. The van der Waals surface area contributed by atoms with Crippen LogP contribution in [-0.4, -0.2) is 23.9 Å². The van der Waals surface area contributed by atoms with Crippen LogP contribution in [0.15, 0.2) is 103 Å². The van der Waals surface area contributed by atoms with E-state index in [1.807, 2.05) is 72.8 Å². The van der Waals surface area contributed by atoms with E-state index in [2.05, 4.69) is 34.5 Å². The highest BCUT2D eigenvalue weighted by molar-refractivity contribution is 6.30. The molecule has 1 fully saturated rings. The first kappa shape index (κ1) is 25.3. The van der Waals surface area contributed by atoms with E-state index in [9.17, 15) is 4.79 Å². The molecule has 5 heteroatoms. The molecule has 4 aromatic rings. The number of carbonyl (C=O) groups excluding carboxylic acids is 1. The van der Waals surface area contributed by atoms with Crippen LogP contribution in [0.5, 0.6) is 0 Å². The van der Waals surface area contributed by atoms with E-state index < -0.39 is 0 Å². The Morgan fingerprint density at radius 1 is 0.703 bits per heavy atom. The Hall–Kier alpha value is -3.37. The van der Waals surface area contributed by atoms with Crippen LogP contribution in [0.3, 0.4) is 0 Å². The van der Waals surface area contributed by atoms with Crippen molar-refractivity contribution in [1.82, 2.24) is 4.90 Å². The maximum atomic E-state index is 13.1. The number of nitrogens with one attached hydrogen (secondary N) is 1. The van der Waals surface area contributed by atoms with Gasteiger partial charge in [-0.1, -0.05) is 83.9 Å².